The zero-order chi connectivity index (χ0) is 21.3. The molecule has 158 valence electrons. The first-order chi connectivity index (χ1) is 15.0. The van der Waals surface area contributed by atoms with Crippen LogP contribution in [0.25, 0.3) is 0 Å². The lowest BCUT2D eigenvalue weighted by Gasteiger charge is -2.29. The molecule has 1 saturated heterocycles. The molecule has 31 heavy (non-hydrogen) atoms. The SMILES string of the molecule is O=C(c1cc(N2C(=O)[C@@H]3[C@H]4CC[C@@H](C4)[C@@H]3C2=O)ccc1Cl)N1CCc2ccccc2C1. The van der Waals surface area contributed by atoms with E-state index in [0.717, 1.165) is 31.2 Å². The number of hydrogen-bond acceptors (Lipinski definition) is 3. The van der Waals surface area contributed by atoms with Crippen molar-refractivity contribution in [2.45, 2.75) is 32.2 Å². The van der Waals surface area contributed by atoms with Gasteiger partial charge >= 0.3 is 0 Å². The maximum atomic E-state index is 13.3. The van der Waals surface area contributed by atoms with Crippen molar-refractivity contribution in [2.75, 3.05) is 11.4 Å². The van der Waals surface area contributed by atoms with Crippen LogP contribution in [0.2, 0.25) is 5.02 Å². The number of hydrogen-bond donors (Lipinski definition) is 0. The Kier molecular flexibility index (Phi) is 4.26. The van der Waals surface area contributed by atoms with Gasteiger partial charge in [0.15, 0.2) is 0 Å². The quantitative estimate of drug-likeness (QED) is 0.669. The Balaban J connectivity index is 1.30. The second kappa shape index (κ2) is 6.92. The van der Waals surface area contributed by atoms with Crippen LogP contribution in [0, 0.1) is 23.7 Å². The van der Waals surface area contributed by atoms with E-state index in [1.165, 1.54) is 10.5 Å². The van der Waals surface area contributed by atoms with Gasteiger partial charge in [0, 0.05) is 13.1 Å². The third kappa shape index (κ3) is 2.79. The Labute approximate surface area is 186 Å². The Morgan fingerprint density at radius 1 is 0.935 bits per heavy atom. The fraction of sp³-hybridized carbons (Fsp3) is 0.400. The third-order valence-electron chi connectivity index (χ3n) is 7.78. The summed E-state index contributed by atoms with van der Waals surface area (Å²) in [4.78, 5) is 42.8. The predicted octanol–water partition coefficient (Wildman–Crippen LogP) is 4.07. The van der Waals surface area contributed by atoms with Crippen LogP contribution in [0.15, 0.2) is 42.5 Å². The smallest absolute Gasteiger partial charge is 0.255 e. The molecule has 5 nitrogen and oxygen atoms in total. The number of benzene rings is 2. The highest BCUT2D eigenvalue weighted by molar-refractivity contribution is 6.34. The van der Waals surface area contributed by atoms with Crippen molar-refractivity contribution < 1.29 is 14.4 Å². The highest BCUT2D eigenvalue weighted by Gasteiger charge is 2.61. The Morgan fingerprint density at radius 2 is 1.61 bits per heavy atom. The van der Waals surface area contributed by atoms with Crippen molar-refractivity contribution in [2.24, 2.45) is 23.7 Å². The van der Waals surface area contributed by atoms with Crippen molar-refractivity contribution in [1.29, 1.82) is 0 Å². The zero-order valence-corrected chi connectivity index (χ0v) is 17.8. The molecule has 0 radical (unpaired) electrons. The molecule has 0 aromatic heterocycles. The molecule has 2 heterocycles. The number of imide groups is 1. The van der Waals surface area contributed by atoms with E-state index in [4.69, 9.17) is 11.6 Å². The minimum Gasteiger partial charge on any atom is -0.334 e. The highest BCUT2D eigenvalue weighted by atomic mass is 35.5. The van der Waals surface area contributed by atoms with Crippen LogP contribution in [-0.4, -0.2) is 29.2 Å². The van der Waals surface area contributed by atoms with E-state index in [-0.39, 0.29) is 29.6 Å². The van der Waals surface area contributed by atoms with Crippen LogP contribution in [0.5, 0.6) is 0 Å². The number of halogens is 1. The van der Waals surface area contributed by atoms with Crippen molar-refractivity contribution in [3.63, 3.8) is 0 Å². The van der Waals surface area contributed by atoms with Crippen molar-refractivity contribution in [3.8, 4) is 0 Å². The first-order valence-corrected chi connectivity index (χ1v) is 11.4. The van der Waals surface area contributed by atoms with Crippen molar-refractivity contribution in [1.82, 2.24) is 4.90 Å². The maximum absolute atomic E-state index is 13.3. The van der Waals surface area contributed by atoms with Gasteiger partial charge in [-0.25, -0.2) is 0 Å². The van der Waals surface area contributed by atoms with E-state index >= 15 is 0 Å². The molecule has 4 atom stereocenters. The molecular weight excluding hydrogens is 412 g/mol. The number of carbonyl (C=O) groups excluding carboxylic acids is 3. The van der Waals surface area contributed by atoms with E-state index in [1.54, 1.807) is 23.1 Å². The van der Waals surface area contributed by atoms with Gasteiger partial charge in [0.05, 0.1) is 28.1 Å². The van der Waals surface area contributed by atoms with E-state index in [9.17, 15) is 14.4 Å². The molecule has 3 fully saturated rings. The first kappa shape index (κ1) is 19.1. The first-order valence-electron chi connectivity index (χ1n) is 11.1. The van der Waals surface area contributed by atoms with E-state index in [2.05, 4.69) is 6.07 Å². The number of anilines is 1. The van der Waals surface area contributed by atoms with Gasteiger partial charge in [0.2, 0.25) is 11.8 Å². The third-order valence-corrected chi connectivity index (χ3v) is 8.11. The van der Waals surface area contributed by atoms with Gasteiger partial charge < -0.3 is 4.90 Å². The molecule has 0 spiro atoms. The Hall–Kier alpha value is -2.66. The van der Waals surface area contributed by atoms with Gasteiger partial charge in [-0.2, -0.15) is 0 Å². The van der Waals surface area contributed by atoms with Gasteiger partial charge in [0.25, 0.3) is 5.91 Å². The molecule has 6 heteroatoms. The molecule has 6 rings (SSSR count). The van der Waals surface area contributed by atoms with Gasteiger partial charge in [-0.1, -0.05) is 35.9 Å². The minimum absolute atomic E-state index is 0.102. The Morgan fingerprint density at radius 3 is 2.32 bits per heavy atom. The van der Waals surface area contributed by atoms with Crippen LogP contribution in [0.3, 0.4) is 0 Å². The molecule has 2 aliphatic heterocycles. The summed E-state index contributed by atoms with van der Waals surface area (Å²) >= 11 is 6.41. The maximum Gasteiger partial charge on any atom is 0.255 e. The summed E-state index contributed by atoms with van der Waals surface area (Å²) in [6, 6.07) is 13.1. The number of nitrogens with zero attached hydrogens (tertiary/aromatic N) is 2. The fourth-order valence-electron chi connectivity index (χ4n) is 6.32. The molecule has 2 aliphatic carbocycles. The minimum atomic E-state index is -0.181. The predicted molar refractivity (Wildman–Crippen MR) is 117 cm³/mol. The summed E-state index contributed by atoms with van der Waals surface area (Å²) in [6.45, 7) is 1.15. The molecule has 2 aromatic rings. The number of fused-ring (bicyclic) bond motifs is 6. The summed E-state index contributed by atoms with van der Waals surface area (Å²) in [5.41, 5.74) is 3.22. The van der Waals surface area contributed by atoms with Crippen LogP contribution in [-0.2, 0) is 22.6 Å². The molecule has 2 aromatic carbocycles. The summed E-state index contributed by atoms with van der Waals surface area (Å²) < 4.78 is 0. The second-order valence-electron chi connectivity index (χ2n) is 9.31. The standard InChI is InChI=1S/C25H23ClN2O3/c26-20-8-7-18(28-24(30)21-15-5-6-16(11-15)22(21)25(28)31)12-19(20)23(29)27-10-9-14-3-1-2-4-17(14)13-27/h1-4,7-8,12,15-16,21-22H,5-6,9-11,13H2/t15-,16-,21-,22+/m0/s1. The lowest BCUT2D eigenvalue weighted by atomic mass is 9.81. The van der Waals surface area contributed by atoms with Gasteiger partial charge in [-0.05, 0) is 66.8 Å². The van der Waals surface area contributed by atoms with Crippen LogP contribution in [0.1, 0.15) is 40.7 Å². The van der Waals surface area contributed by atoms with Gasteiger partial charge in [-0.3, -0.25) is 19.3 Å². The molecule has 2 bridgehead atoms. The van der Waals surface area contributed by atoms with E-state index in [1.807, 2.05) is 18.2 Å². The van der Waals surface area contributed by atoms with E-state index < -0.39 is 0 Å². The summed E-state index contributed by atoms with van der Waals surface area (Å²) in [6.07, 6.45) is 3.88. The normalized spacial score (nSPS) is 28.8. The monoisotopic (exact) mass is 434 g/mol. The molecule has 0 N–H and O–H groups in total. The van der Waals surface area contributed by atoms with Gasteiger partial charge in [0.1, 0.15) is 0 Å². The topological polar surface area (TPSA) is 57.7 Å². The Bertz CT molecular complexity index is 1100. The summed E-state index contributed by atoms with van der Waals surface area (Å²) in [7, 11) is 0. The average Bonchev–Trinajstić information content (AvgIpc) is 3.47. The molecule has 4 aliphatic rings. The second-order valence-corrected chi connectivity index (χ2v) is 9.71. The van der Waals surface area contributed by atoms with Crippen molar-refractivity contribution >= 4 is 35.0 Å². The fourth-order valence-corrected chi connectivity index (χ4v) is 6.52. The zero-order valence-electron chi connectivity index (χ0n) is 17.1. The van der Waals surface area contributed by atoms with Crippen LogP contribution < -0.4 is 4.90 Å². The summed E-state index contributed by atoms with van der Waals surface area (Å²) in [5.74, 6) is -0.0683. The van der Waals surface area contributed by atoms with E-state index in [0.29, 0.717) is 41.2 Å². The van der Waals surface area contributed by atoms with Crippen molar-refractivity contribution in [3.05, 3.63) is 64.2 Å². The van der Waals surface area contributed by atoms with Crippen LogP contribution in [0.4, 0.5) is 5.69 Å². The molecule has 3 amide bonds. The number of amides is 3. The lowest BCUT2D eigenvalue weighted by molar-refractivity contribution is -0.123. The average molecular weight is 435 g/mol. The lowest BCUT2D eigenvalue weighted by Crippen LogP contribution is -2.36. The number of carbonyl (C=O) groups is 3. The number of rotatable bonds is 2. The molecule has 0 unspecified atom stereocenters. The molecular formula is C25H23ClN2O3. The molecule has 2 saturated carbocycles. The largest absolute Gasteiger partial charge is 0.334 e. The summed E-state index contributed by atoms with van der Waals surface area (Å²) in [5, 5.41) is 0.340. The van der Waals surface area contributed by atoms with Crippen LogP contribution >= 0.6 is 11.6 Å². The van der Waals surface area contributed by atoms with Gasteiger partial charge in [-0.15, -0.1) is 0 Å². The highest BCUT2D eigenvalue weighted by Crippen LogP contribution is 2.56.